The van der Waals surface area contributed by atoms with Crippen molar-refractivity contribution in [3.63, 3.8) is 0 Å². The van der Waals surface area contributed by atoms with E-state index < -0.39 is 11.6 Å². The van der Waals surface area contributed by atoms with Crippen molar-refractivity contribution in [1.82, 2.24) is 4.98 Å². The molecule has 2 rings (SSSR count). The SMILES string of the molecule is CC(Nc1nc(N)c(F)cc1F)c1cccc(Br)c1. The zero-order valence-electron chi connectivity index (χ0n) is 10.1. The lowest BCUT2D eigenvalue weighted by molar-refractivity contribution is 0.578. The number of halogens is 3. The van der Waals surface area contributed by atoms with Gasteiger partial charge in [0, 0.05) is 10.5 Å². The number of hydrogen-bond donors (Lipinski definition) is 2. The standard InChI is InChI=1S/C13H12BrF2N3/c1-7(8-3-2-4-9(14)5-8)18-13-11(16)6-10(15)12(17)19-13/h2-7H,1H3,(H3,17,18,19). The number of nitrogen functional groups attached to an aromatic ring is 1. The molecule has 0 fully saturated rings. The fourth-order valence-electron chi connectivity index (χ4n) is 1.65. The maximum Gasteiger partial charge on any atom is 0.168 e. The number of hydrogen-bond acceptors (Lipinski definition) is 3. The first-order chi connectivity index (χ1) is 8.97. The number of pyridine rings is 1. The first kappa shape index (κ1) is 13.7. The summed E-state index contributed by atoms with van der Waals surface area (Å²) in [6.45, 7) is 1.85. The topological polar surface area (TPSA) is 50.9 Å². The average Bonchev–Trinajstić information content (AvgIpc) is 2.36. The van der Waals surface area contributed by atoms with Gasteiger partial charge in [0.25, 0.3) is 0 Å². The van der Waals surface area contributed by atoms with Crippen LogP contribution in [0, 0.1) is 11.6 Å². The number of anilines is 2. The van der Waals surface area contributed by atoms with Crippen molar-refractivity contribution in [2.45, 2.75) is 13.0 Å². The second-order valence-electron chi connectivity index (χ2n) is 4.11. The number of aromatic nitrogens is 1. The van der Waals surface area contributed by atoms with E-state index in [1.54, 1.807) is 0 Å². The Labute approximate surface area is 118 Å². The largest absolute Gasteiger partial charge is 0.381 e. The summed E-state index contributed by atoms with van der Waals surface area (Å²) in [5.41, 5.74) is 6.27. The first-order valence-corrected chi connectivity index (χ1v) is 6.40. The molecule has 1 heterocycles. The van der Waals surface area contributed by atoms with Crippen LogP contribution in [0.1, 0.15) is 18.5 Å². The fourth-order valence-corrected chi connectivity index (χ4v) is 2.06. The molecule has 0 aliphatic rings. The van der Waals surface area contributed by atoms with Crippen LogP contribution >= 0.6 is 15.9 Å². The Morgan fingerprint density at radius 3 is 2.68 bits per heavy atom. The Balaban J connectivity index is 2.24. The summed E-state index contributed by atoms with van der Waals surface area (Å²) >= 11 is 3.36. The maximum absolute atomic E-state index is 13.6. The number of benzene rings is 1. The van der Waals surface area contributed by atoms with Gasteiger partial charge in [-0.25, -0.2) is 13.8 Å². The summed E-state index contributed by atoms with van der Waals surface area (Å²) in [6, 6.07) is 8.10. The van der Waals surface area contributed by atoms with E-state index in [-0.39, 0.29) is 17.7 Å². The smallest absolute Gasteiger partial charge is 0.168 e. The van der Waals surface area contributed by atoms with Crippen molar-refractivity contribution < 1.29 is 8.78 Å². The summed E-state index contributed by atoms with van der Waals surface area (Å²) in [5, 5.41) is 2.87. The zero-order chi connectivity index (χ0) is 14.0. The fraction of sp³-hybridized carbons (Fsp3) is 0.154. The van der Waals surface area contributed by atoms with E-state index in [4.69, 9.17) is 5.73 Å². The van der Waals surface area contributed by atoms with Crippen molar-refractivity contribution in [3.05, 3.63) is 52.0 Å². The quantitative estimate of drug-likeness (QED) is 0.899. The molecule has 0 bridgehead atoms. The minimum Gasteiger partial charge on any atom is -0.381 e. The molecule has 3 N–H and O–H groups in total. The van der Waals surface area contributed by atoms with Crippen LogP contribution in [0.4, 0.5) is 20.4 Å². The van der Waals surface area contributed by atoms with Crippen LogP contribution in [0.2, 0.25) is 0 Å². The van der Waals surface area contributed by atoms with Crippen LogP contribution in [0.15, 0.2) is 34.8 Å². The predicted octanol–water partition coefficient (Wildman–Crippen LogP) is 3.88. The van der Waals surface area contributed by atoms with Gasteiger partial charge in [-0.1, -0.05) is 28.1 Å². The summed E-state index contributed by atoms with van der Waals surface area (Å²) in [5.74, 6) is -2.02. The molecule has 3 nitrogen and oxygen atoms in total. The van der Waals surface area contributed by atoms with Gasteiger partial charge in [0.2, 0.25) is 0 Å². The Bertz CT molecular complexity index is 604. The van der Waals surface area contributed by atoms with Gasteiger partial charge in [0.05, 0.1) is 6.04 Å². The minimum absolute atomic E-state index is 0.0635. The molecule has 0 saturated carbocycles. The van der Waals surface area contributed by atoms with E-state index in [1.165, 1.54) is 0 Å². The highest BCUT2D eigenvalue weighted by Gasteiger charge is 2.13. The van der Waals surface area contributed by atoms with Crippen molar-refractivity contribution in [2.75, 3.05) is 11.1 Å². The maximum atomic E-state index is 13.6. The molecule has 100 valence electrons. The molecule has 0 aliphatic carbocycles. The molecule has 1 aromatic carbocycles. The molecule has 2 aromatic rings. The van der Waals surface area contributed by atoms with E-state index in [1.807, 2.05) is 31.2 Å². The Morgan fingerprint density at radius 1 is 1.26 bits per heavy atom. The van der Waals surface area contributed by atoms with Crippen LogP contribution in [-0.4, -0.2) is 4.98 Å². The summed E-state index contributed by atoms with van der Waals surface area (Å²) in [6.07, 6.45) is 0. The van der Waals surface area contributed by atoms with Crippen LogP contribution < -0.4 is 11.1 Å². The highest BCUT2D eigenvalue weighted by Crippen LogP contribution is 2.24. The normalized spacial score (nSPS) is 12.2. The van der Waals surface area contributed by atoms with E-state index >= 15 is 0 Å². The molecule has 0 amide bonds. The second-order valence-corrected chi connectivity index (χ2v) is 5.02. The van der Waals surface area contributed by atoms with Gasteiger partial charge < -0.3 is 11.1 Å². The lowest BCUT2D eigenvalue weighted by atomic mass is 10.1. The molecular formula is C13H12BrF2N3. The summed E-state index contributed by atoms with van der Waals surface area (Å²) in [7, 11) is 0. The van der Waals surface area contributed by atoms with Crippen molar-refractivity contribution >= 4 is 27.6 Å². The average molecular weight is 328 g/mol. The van der Waals surface area contributed by atoms with Crippen LogP contribution in [0.3, 0.4) is 0 Å². The molecule has 1 atom stereocenters. The van der Waals surface area contributed by atoms with Gasteiger partial charge in [0.15, 0.2) is 23.3 Å². The van der Waals surface area contributed by atoms with Crippen LogP contribution in [-0.2, 0) is 0 Å². The molecule has 1 aromatic heterocycles. The van der Waals surface area contributed by atoms with Gasteiger partial charge in [-0.3, -0.25) is 0 Å². The number of nitrogens with two attached hydrogens (primary N) is 1. The van der Waals surface area contributed by atoms with Gasteiger partial charge in [0.1, 0.15) is 0 Å². The molecule has 19 heavy (non-hydrogen) atoms. The number of nitrogens with one attached hydrogen (secondary N) is 1. The highest BCUT2D eigenvalue weighted by molar-refractivity contribution is 9.10. The molecule has 0 aliphatic heterocycles. The third-order valence-electron chi connectivity index (χ3n) is 2.66. The number of rotatable bonds is 3. The summed E-state index contributed by atoms with van der Waals surface area (Å²) in [4.78, 5) is 3.67. The van der Waals surface area contributed by atoms with Gasteiger partial charge >= 0.3 is 0 Å². The van der Waals surface area contributed by atoms with Gasteiger partial charge in [-0.05, 0) is 24.6 Å². The van der Waals surface area contributed by atoms with Gasteiger partial charge in [-0.2, -0.15) is 0 Å². The molecule has 0 saturated heterocycles. The lowest BCUT2D eigenvalue weighted by Gasteiger charge is -2.16. The predicted molar refractivity (Wildman–Crippen MR) is 74.7 cm³/mol. The molecule has 1 unspecified atom stereocenters. The monoisotopic (exact) mass is 327 g/mol. The molecule has 6 heteroatoms. The van der Waals surface area contributed by atoms with E-state index in [2.05, 4.69) is 26.2 Å². The Kier molecular flexibility index (Phi) is 3.99. The minimum atomic E-state index is -0.863. The molecule has 0 spiro atoms. The van der Waals surface area contributed by atoms with E-state index in [0.717, 1.165) is 16.1 Å². The Morgan fingerprint density at radius 2 is 2.00 bits per heavy atom. The Hall–Kier alpha value is -1.69. The summed E-state index contributed by atoms with van der Waals surface area (Å²) < 4.78 is 27.5. The number of nitrogens with zero attached hydrogens (tertiary/aromatic N) is 1. The van der Waals surface area contributed by atoms with E-state index in [0.29, 0.717) is 0 Å². The third-order valence-corrected chi connectivity index (χ3v) is 3.15. The van der Waals surface area contributed by atoms with Crippen molar-refractivity contribution in [2.24, 2.45) is 0 Å². The van der Waals surface area contributed by atoms with Crippen LogP contribution in [0.25, 0.3) is 0 Å². The molecule has 0 radical (unpaired) electrons. The van der Waals surface area contributed by atoms with Crippen LogP contribution in [0.5, 0.6) is 0 Å². The molecular weight excluding hydrogens is 316 g/mol. The second kappa shape index (κ2) is 5.52. The lowest BCUT2D eigenvalue weighted by Crippen LogP contribution is -2.11. The van der Waals surface area contributed by atoms with Crippen molar-refractivity contribution in [3.8, 4) is 0 Å². The van der Waals surface area contributed by atoms with E-state index in [9.17, 15) is 8.78 Å². The third kappa shape index (κ3) is 3.20. The zero-order valence-corrected chi connectivity index (χ0v) is 11.7. The highest BCUT2D eigenvalue weighted by atomic mass is 79.9. The van der Waals surface area contributed by atoms with Gasteiger partial charge in [-0.15, -0.1) is 0 Å². The van der Waals surface area contributed by atoms with Crippen molar-refractivity contribution in [1.29, 1.82) is 0 Å². The first-order valence-electron chi connectivity index (χ1n) is 5.61.